The van der Waals surface area contributed by atoms with Gasteiger partial charge in [0.05, 0.1) is 24.9 Å². The van der Waals surface area contributed by atoms with Gasteiger partial charge in [0.25, 0.3) is 0 Å². The van der Waals surface area contributed by atoms with Crippen molar-refractivity contribution in [3.8, 4) is 5.75 Å². The molecule has 0 saturated heterocycles. The highest BCUT2D eigenvalue weighted by Crippen LogP contribution is 2.41. The van der Waals surface area contributed by atoms with E-state index in [1.807, 2.05) is 0 Å². The van der Waals surface area contributed by atoms with Gasteiger partial charge in [0.1, 0.15) is 5.75 Å². The molecule has 1 unspecified atom stereocenters. The standard InChI is InChI=1S/C19H25NO6/c1-26-15-6-4-13(5-7-15)10-14(17(23)24)12-20-18(25)19(11-16(21)22)8-2-3-9-19/h4-7,14H,2-3,8-12H2,1H3,(H,20,25)(H,21,22)(H,23,24). The van der Waals surface area contributed by atoms with Crippen LogP contribution in [0.1, 0.15) is 37.7 Å². The van der Waals surface area contributed by atoms with Crippen LogP contribution in [-0.2, 0) is 20.8 Å². The predicted molar refractivity (Wildman–Crippen MR) is 94.0 cm³/mol. The van der Waals surface area contributed by atoms with Gasteiger partial charge in [0.2, 0.25) is 5.91 Å². The fourth-order valence-electron chi connectivity index (χ4n) is 3.52. The lowest BCUT2D eigenvalue weighted by Gasteiger charge is -2.26. The lowest BCUT2D eigenvalue weighted by molar-refractivity contribution is -0.146. The summed E-state index contributed by atoms with van der Waals surface area (Å²) < 4.78 is 5.08. The molecule has 0 spiro atoms. The van der Waals surface area contributed by atoms with Gasteiger partial charge in [-0.05, 0) is 37.0 Å². The van der Waals surface area contributed by atoms with Gasteiger partial charge in [0.15, 0.2) is 0 Å². The third kappa shape index (κ3) is 4.97. The number of nitrogens with one attached hydrogen (secondary N) is 1. The molecule has 0 heterocycles. The first-order chi connectivity index (χ1) is 12.4. The monoisotopic (exact) mass is 363 g/mol. The lowest BCUT2D eigenvalue weighted by Crippen LogP contribution is -2.44. The van der Waals surface area contributed by atoms with Crippen LogP contribution in [0.3, 0.4) is 0 Å². The second-order valence-corrected chi connectivity index (χ2v) is 6.86. The van der Waals surface area contributed by atoms with Gasteiger partial charge < -0.3 is 20.3 Å². The molecule has 26 heavy (non-hydrogen) atoms. The average molecular weight is 363 g/mol. The number of carbonyl (C=O) groups excluding carboxylic acids is 1. The Bertz CT molecular complexity index is 648. The van der Waals surface area contributed by atoms with Crippen LogP contribution in [0, 0.1) is 11.3 Å². The zero-order chi connectivity index (χ0) is 19.2. The van der Waals surface area contributed by atoms with Crippen molar-refractivity contribution in [1.29, 1.82) is 0 Å². The summed E-state index contributed by atoms with van der Waals surface area (Å²) in [7, 11) is 1.56. The van der Waals surface area contributed by atoms with Crippen LogP contribution in [0.25, 0.3) is 0 Å². The highest BCUT2D eigenvalue weighted by molar-refractivity contribution is 5.87. The van der Waals surface area contributed by atoms with Crippen molar-refractivity contribution in [2.45, 2.75) is 38.5 Å². The van der Waals surface area contributed by atoms with Crippen molar-refractivity contribution in [3.63, 3.8) is 0 Å². The van der Waals surface area contributed by atoms with Gasteiger partial charge >= 0.3 is 11.9 Å². The van der Waals surface area contributed by atoms with Gasteiger partial charge in [-0.15, -0.1) is 0 Å². The maximum Gasteiger partial charge on any atom is 0.308 e. The van der Waals surface area contributed by atoms with Crippen LogP contribution in [-0.4, -0.2) is 41.7 Å². The molecule has 0 aliphatic heterocycles. The topological polar surface area (TPSA) is 113 Å². The van der Waals surface area contributed by atoms with Gasteiger partial charge in [-0.25, -0.2) is 0 Å². The zero-order valence-corrected chi connectivity index (χ0v) is 14.9. The fourth-order valence-corrected chi connectivity index (χ4v) is 3.52. The highest BCUT2D eigenvalue weighted by atomic mass is 16.5. The number of rotatable bonds is 9. The van der Waals surface area contributed by atoms with E-state index in [-0.39, 0.29) is 25.3 Å². The first kappa shape index (κ1) is 19.8. The third-order valence-electron chi connectivity index (χ3n) is 5.03. The Morgan fingerprint density at radius 3 is 2.27 bits per heavy atom. The normalized spacial score (nSPS) is 16.7. The van der Waals surface area contributed by atoms with Crippen molar-refractivity contribution < 1.29 is 29.3 Å². The van der Waals surface area contributed by atoms with E-state index < -0.39 is 23.3 Å². The number of hydrogen-bond donors (Lipinski definition) is 3. The Labute approximate surface area is 152 Å². The number of hydrogen-bond acceptors (Lipinski definition) is 4. The number of carbonyl (C=O) groups is 3. The lowest BCUT2D eigenvalue weighted by atomic mass is 9.81. The number of benzene rings is 1. The first-order valence-corrected chi connectivity index (χ1v) is 8.72. The van der Waals surface area contributed by atoms with E-state index in [1.54, 1.807) is 31.4 Å². The molecule has 3 N–H and O–H groups in total. The summed E-state index contributed by atoms with van der Waals surface area (Å²) in [6, 6.07) is 7.10. The van der Waals surface area contributed by atoms with Crippen LogP contribution in [0.5, 0.6) is 5.75 Å². The molecule has 1 aromatic rings. The smallest absolute Gasteiger partial charge is 0.308 e. The van der Waals surface area contributed by atoms with Crippen molar-refractivity contribution in [3.05, 3.63) is 29.8 Å². The summed E-state index contributed by atoms with van der Waals surface area (Å²) in [6.07, 6.45) is 2.74. The summed E-state index contributed by atoms with van der Waals surface area (Å²) in [4.78, 5) is 35.3. The summed E-state index contributed by atoms with van der Waals surface area (Å²) >= 11 is 0. The van der Waals surface area contributed by atoms with E-state index in [0.717, 1.165) is 18.4 Å². The number of methoxy groups -OCH3 is 1. The quantitative estimate of drug-likeness (QED) is 0.619. The summed E-state index contributed by atoms with van der Waals surface area (Å²) in [5.41, 5.74) is -0.0804. The van der Waals surface area contributed by atoms with E-state index in [1.165, 1.54) is 0 Å². The Kier molecular flexibility index (Phi) is 6.60. The van der Waals surface area contributed by atoms with Crippen LogP contribution in [0.15, 0.2) is 24.3 Å². The minimum atomic E-state index is -1.00. The van der Waals surface area contributed by atoms with Crippen LogP contribution in [0.4, 0.5) is 0 Å². The SMILES string of the molecule is COc1ccc(CC(CNC(=O)C2(CC(=O)O)CCCC2)C(=O)O)cc1. The molecule has 7 nitrogen and oxygen atoms in total. The molecule has 0 radical (unpaired) electrons. The Morgan fingerprint density at radius 1 is 1.15 bits per heavy atom. The van der Waals surface area contributed by atoms with Crippen molar-refractivity contribution >= 4 is 17.8 Å². The number of amides is 1. The second-order valence-electron chi connectivity index (χ2n) is 6.86. The molecule has 0 aromatic heterocycles. The van der Waals surface area contributed by atoms with E-state index in [9.17, 15) is 19.5 Å². The van der Waals surface area contributed by atoms with Crippen molar-refractivity contribution in [2.75, 3.05) is 13.7 Å². The van der Waals surface area contributed by atoms with Crippen LogP contribution < -0.4 is 10.1 Å². The van der Waals surface area contributed by atoms with Gasteiger partial charge in [-0.3, -0.25) is 14.4 Å². The molecule has 1 atom stereocenters. The molecular formula is C19H25NO6. The Balaban J connectivity index is 1.99. The number of ether oxygens (including phenoxy) is 1. The maximum absolute atomic E-state index is 12.6. The second kappa shape index (κ2) is 8.69. The molecule has 1 amide bonds. The van der Waals surface area contributed by atoms with Gasteiger partial charge in [-0.1, -0.05) is 25.0 Å². The minimum Gasteiger partial charge on any atom is -0.497 e. The molecule has 7 heteroatoms. The molecule has 1 aliphatic rings. The van der Waals surface area contributed by atoms with E-state index in [2.05, 4.69) is 5.32 Å². The Morgan fingerprint density at radius 2 is 1.77 bits per heavy atom. The minimum absolute atomic E-state index is 0.0262. The zero-order valence-electron chi connectivity index (χ0n) is 14.9. The van der Waals surface area contributed by atoms with Crippen molar-refractivity contribution in [2.24, 2.45) is 11.3 Å². The van der Waals surface area contributed by atoms with Gasteiger partial charge in [-0.2, -0.15) is 0 Å². The molecule has 0 bridgehead atoms. The van der Waals surface area contributed by atoms with Gasteiger partial charge in [0, 0.05) is 6.54 Å². The Hall–Kier alpha value is -2.57. The van der Waals surface area contributed by atoms with Crippen molar-refractivity contribution in [1.82, 2.24) is 5.32 Å². The van der Waals surface area contributed by atoms with E-state index >= 15 is 0 Å². The predicted octanol–water partition coefficient (Wildman–Crippen LogP) is 2.09. The first-order valence-electron chi connectivity index (χ1n) is 8.72. The summed E-state index contributed by atoms with van der Waals surface area (Å²) in [5, 5.41) is 21.2. The summed E-state index contributed by atoms with van der Waals surface area (Å²) in [5.74, 6) is -2.45. The molecule has 1 fully saturated rings. The number of carboxylic acid groups (broad SMARTS) is 2. The van der Waals surface area contributed by atoms with E-state index in [4.69, 9.17) is 9.84 Å². The molecule has 1 aliphatic carbocycles. The van der Waals surface area contributed by atoms with E-state index in [0.29, 0.717) is 18.6 Å². The molecule has 1 saturated carbocycles. The molecular weight excluding hydrogens is 338 g/mol. The third-order valence-corrected chi connectivity index (χ3v) is 5.03. The molecule has 1 aromatic carbocycles. The van der Waals surface area contributed by atoms with Crippen LogP contribution >= 0.6 is 0 Å². The summed E-state index contributed by atoms with van der Waals surface area (Å²) in [6.45, 7) is -0.0262. The largest absolute Gasteiger partial charge is 0.497 e. The number of carboxylic acids is 2. The molecule has 142 valence electrons. The maximum atomic E-state index is 12.6. The average Bonchev–Trinajstić information content (AvgIpc) is 3.07. The van der Waals surface area contributed by atoms with Crippen LogP contribution in [0.2, 0.25) is 0 Å². The fraction of sp³-hybridized carbons (Fsp3) is 0.526. The molecule has 2 rings (SSSR count). The number of aliphatic carboxylic acids is 2. The highest BCUT2D eigenvalue weighted by Gasteiger charge is 2.43.